The van der Waals surface area contributed by atoms with E-state index in [4.69, 9.17) is 19.9 Å². The molecule has 260 valence electrons. The molecule has 0 radical (unpaired) electrons. The maximum atomic E-state index is 15.4. The Labute approximate surface area is 294 Å². The molecular formula is C41H47N5O4. The third-order valence-electron chi connectivity index (χ3n) is 9.82. The van der Waals surface area contributed by atoms with Crippen LogP contribution in [0.5, 0.6) is 5.75 Å². The topological polar surface area (TPSA) is 106 Å². The number of aromatic amines is 1. The van der Waals surface area contributed by atoms with Gasteiger partial charge in [-0.1, -0.05) is 92.2 Å². The van der Waals surface area contributed by atoms with Crippen molar-refractivity contribution in [2.24, 2.45) is 0 Å². The number of nitrogens with two attached hydrogens (primary N) is 1. The fourth-order valence-electron chi connectivity index (χ4n) is 7.39. The van der Waals surface area contributed by atoms with E-state index in [-0.39, 0.29) is 30.3 Å². The molecule has 9 nitrogen and oxygen atoms in total. The van der Waals surface area contributed by atoms with Crippen LogP contribution in [-0.2, 0) is 35.4 Å². The van der Waals surface area contributed by atoms with Crippen LogP contribution < -0.4 is 10.5 Å². The minimum Gasteiger partial charge on any atom is -0.494 e. The third kappa shape index (κ3) is 7.34. The summed E-state index contributed by atoms with van der Waals surface area (Å²) in [7, 11) is 0. The van der Waals surface area contributed by atoms with Crippen LogP contribution in [0.2, 0.25) is 0 Å². The van der Waals surface area contributed by atoms with Gasteiger partial charge in [0.25, 0.3) is 0 Å². The molecule has 4 atom stereocenters. The molecule has 7 rings (SSSR count). The van der Waals surface area contributed by atoms with Crippen molar-refractivity contribution in [1.29, 1.82) is 0 Å². The highest BCUT2D eigenvalue weighted by Crippen LogP contribution is 2.41. The van der Waals surface area contributed by atoms with Gasteiger partial charge in [-0.15, -0.1) is 0 Å². The van der Waals surface area contributed by atoms with Crippen LogP contribution in [0.4, 0.5) is 10.6 Å². The van der Waals surface area contributed by atoms with Crippen molar-refractivity contribution in [1.82, 2.24) is 20.0 Å². The van der Waals surface area contributed by atoms with Crippen LogP contribution in [0.15, 0.2) is 103 Å². The predicted octanol–water partition coefficient (Wildman–Crippen LogP) is 7.50. The standard InChI is InChI=1S/C41H47N5O4/c1-4-5-21-48-32-18-12-17-30(22-32)26-45-35(24-28-13-8-6-9-14-28)37-38(50-41(2,3)49-37)36(25-29-15-10-7-11-16-29)46(40(45)47)27-31-19-20-34-33(23-31)39(42)44-43-34/h6-20,22-23,35-38H,4-5,21,24-27H2,1-3H3,(H3,42,43,44)/t35-,36-,37+,38+/m1/s1. The molecule has 0 unspecified atom stereocenters. The lowest BCUT2D eigenvalue weighted by atomic mass is 9.91. The van der Waals surface area contributed by atoms with Crippen molar-refractivity contribution >= 4 is 22.8 Å². The first-order chi connectivity index (χ1) is 24.3. The van der Waals surface area contributed by atoms with Crippen LogP contribution >= 0.6 is 0 Å². The van der Waals surface area contributed by atoms with Gasteiger partial charge in [0.2, 0.25) is 0 Å². The van der Waals surface area contributed by atoms with Gasteiger partial charge in [0.15, 0.2) is 11.6 Å². The zero-order valence-electron chi connectivity index (χ0n) is 29.1. The van der Waals surface area contributed by atoms with Crippen molar-refractivity contribution in [3.05, 3.63) is 125 Å². The van der Waals surface area contributed by atoms with E-state index in [1.165, 1.54) is 0 Å². The largest absolute Gasteiger partial charge is 0.494 e. The number of nitrogens with zero attached hydrogens (tertiary/aromatic N) is 3. The lowest BCUT2D eigenvalue weighted by Gasteiger charge is -2.37. The number of nitrogens with one attached hydrogen (secondary N) is 1. The molecule has 5 aromatic rings. The smallest absolute Gasteiger partial charge is 0.321 e. The van der Waals surface area contributed by atoms with Crippen LogP contribution in [0.25, 0.3) is 10.9 Å². The van der Waals surface area contributed by atoms with Crippen LogP contribution in [0.1, 0.15) is 55.9 Å². The number of rotatable bonds is 12. The van der Waals surface area contributed by atoms with E-state index in [0.717, 1.165) is 51.7 Å². The molecule has 2 saturated heterocycles. The number of amides is 2. The molecule has 2 aliphatic heterocycles. The van der Waals surface area contributed by atoms with Gasteiger partial charge in [0.05, 0.1) is 24.2 Å². The van der Waals surface area contributed by atoms with Crippen LogP contribution in [0.3, 0.4) is 0 Å². The maximum absolute atomic E-state index is 15.4. The summed E-state index contributed by atoms with van der Waals surface area (Å²) in [6, 6.07) is 34.2. The Kier molecular flexibility index (Phi) is 9.79. The fraction of sp³-hybridized carbons (Fsp3) is 0.366. The highest BCUT2D eigenvalue weighted by molar-refractivity contribution is 5.89. The minimum absolute atomic E-state index is 0.0659. The number of nitrogen functional groups attached to an aromatic ring is 1. The van der Waals surface area contributed by atoms with Crippen molar-refractivity contribution in [3.8, 4) is 5.75 Å². The molecule has 9 heteroatoms. The van der Waals surface area contributed by atoms with E-state index in [1.807, 2.05) is 90.4 Å². The summed E-state index contributed by atoms with van der Waals surface area (Å²) in [5.74, 6) is 0.403. The molecule has 3 heterocycles. The van der Waals surface area contributed by atoms with Crippen molar-refractivity contribution in [2.75, 3.05) is 12.3 Å². The number of H-pyrrole nitrogens is 1. The van der Waals surface area contributed by atoms with E-state index >= 15 is 4.79 Å². The Morgan fingerprint density at radius 3 is 1.96 bits per heavy atom. The molecule has 2 aliphatic rings. The Hall–Kier alpha value is -4.86. The van der Waals surface area contributed by atoms with Gasteiger partial charge >= 0.3 is 6.03 Å². The third-order valence-corrected chi connectivity index (χ3v) is 9.82. The zero-order valence-corrected chi connectivity index (χ0v) is 29.1. The summed E-state index contributed by atoms with van der Waals surface area (Å²) in [4.78, 5) is 19.4. The number of ether oxygens (including phenoxy) is 3. The van der Waals surface area contributed by atoms with E-state index in [9.17, 15) is 0 Å². The first kappa shape index (κ1) is 33.6. The Bertz CT molecular complexity index is 1900. The van der Waals surface area contributed by atoms with Gasteiger partial charge in [0, 0.05) is 18.5 Å². The number of hydrogen-bond donors (Lipinski definition) is 2. The number of anilines is 1. The summed E-state index contributed by atoms with van der Waals surface area (Å²) < 4.78 is 19.8. The van der Waals surface area contributed by atoms with Gasteiger partial charge < -0.3 is 29.7 Å². The quantitative estimate of drug-likeness (QED) is 0.133. The minimum atomic E-state index is -0.839. The summed E-state index contributed by atoms with van der Waals surface area (Å²) in [6.45, 7) is 7.51. The zero-order chi connectivity index (χ0) is 34.7. The highest BCUT2D eigenvalue weighted by atomic mass is 16.8. The highest BCUT2D eigenvalue weighted by Gasteiger charge is 2.55. The summed E-state index contributed by atoms with van der Waals surface area (Å²) in [6.07, 6.45) is 2.49. The SMILES string of the molecule is CCCCOc1cccc(CN2C(=O)N(Cc3ccc4[nH]nc(N)c4c3)[C@H](Cc3ccccc3)[C@@H]3OC(C)(C)O[C@H]3[C@H]2Cc2ccccc2)c1. The molecule has 0 saturated carbocycles. The molecule has 2 fully saturated rings. The second kappa shape index (κ2) is 14.5. The molecular weight excluding hydrogens is 626 g/mol. The molecule has 0 aliphatic carbocycles. The fourth-order valence-corrected chi connectivity index (χ4v) is 7.39. The van der Waals surface area contributed by atoms with E-state index in [0.29, 0.717) is 38.4 Å². The summed E-state index contributed by atoms with van der Waals surface area (Å²) in [5.41, 5.74) is 11.3. The lowest BCUT2D eigenvalue weighted by molar-refractivity contribution is -0.157. The second-order valence-corrected chi connectivity index (χ2v) is 14.0. The average molecular weight is 674 g/mol. The number of hydrogen-bond acceptors (Lipinski definition) is 6. The summed E-state index contributed by atoms with van der Waals surface area (Å²) >= 11 is 0. The van der Waals surface area contributed by atoms with Crippen molar-refractivity contribution < 1.29 is 19.0 Å². The van der Waals surface area contributed by atoms with Gasteiger partial charge in [-0.05, 0) is 79.6 Å². The number of aromatic nitrogens is 2. The van der Waals surface area contributed by atoms with E-state index < -0.39 is 5.79 Å². The number of unbranched alkanes of at least 4 members (excludes halogenated alkanes) is 1. The maximum Gasteiger partial charge on any atom is 0.321 e. The van der Waals surface area contributed by atoms with Gasteiger partial charge in [0.1, 0.15) is 18.0 Å². The normalized spacial score (nSPS) is 21.7. The number of benzene rings is 4. The molecule has 1 aromatic heterocycles. The number of urea groups is 1. The lowest BCUT2D eigenvalue weighted by Crippen LogP contribution is -2.51. The van der Waals surface area contributed by atoms with Gasteiger partial charge in [-0.25, -0.2) is 4.79 Å². The van der Waals surface area contributed by atoms with Crippen LogP contribution in [0, 0.1) is 0 Å². The molecule has 0 bridgehead atoms. The first-order valence-electron chi connectivity index (χ1n) is 17.7. The molecule has 2 amide bonds. The molecule has 50 heavy (non-hydrogen) atoms. The monoisotopic (exact) mass is 673 g/mol. The average Bonchev–Trinajstić information content (AvgIpc) is 3.64. The Morgan fingerprint density at radius 2 is 1.36 bits per heavy atom. The molecule has 3 N–H and O–H groups in total. The van der Waals surface area contributed by atoms with Crippen molar-refractivity contribution in [3.63, 3.8) is 0 Å². The number of carbonyl (C=O) groups excluding carboxylic acids is 1. The Morgan fingerprint density at radius 1 is 0.780 bits per heavy atom. The number of carbonyl (C=O) groups is 1. The Balaban J connectivity index is 1.34. The van der Waals surface area contributed by atoms with Crippen LogP contribution in [-0.4, -0.2) is 62.7 Å². The number of fused-ring (bicyclic) bond motifs is 2. The van der Waals surface area contributed by atoms with E-state index in [2.05, 4.69) is 53.5 Å². The first-order valence-corrected chi connectivity index (χ1v) is 17.7. The second-order valence-electron chi connectivity index (χ2n) is 14.0. The van der Waals surface area contributed by atoms with Gasteiger partial charge in [-0.3, -0.25) is 5.10 Å². The van der Waals surface area contributed by atoms with Gasteiger partial charge in [-0.2, -0.15) is 5.10 Å². The predicted molar refractivity (Wildman–Crippen MR) is 196 cm³/mol. The molecule has 4 aromatic carbocycles. The van der Waals surface area contributed by atoms with E-state index in [1.54, 1.807) is 0 Å². The van der Waals surface area contributed by atoms with Crippen molar-refractivity contribution in [2.45, 2.75) is 89.6 Å². The summed E-state index contributed by atoms with van der Waals surface area (Å²) in [5, 5.41) is 8.03. The molecule has 0 spiro atoms.